The van der Waals surface area contributed by atoms with Crippen LogP contribution in [-0.4, -0.2) is 19.6 Å². The first kappa shape index (κ1) is 30.4. The summed E-state index contributed by atoms with van der Waals surface area (Å²) < 4.78 is 2.18. The van der Waals surface area contributed by atoms with Gasteiger partial charge in [0.25, 0.3) is 0 Å². The van der Waals surface area contributed by atoms with Crippen molar-refractivity contribution in [3.63, 3.8) is 0 Å². The zero-order valence-corrected chi connectivity index (χ0v) is 28.3. The lowest BCUT2D eigenvalue weighted by atomic mass is 9.87. The number of nitrogens with zero attached hydrogens (tertiary/aromatic N) is 3. The van der Waals surface area contributed by atoms with Gasteiger partial charge in [0.05, 0.1) is 22.1 Å². The minimum Gasteiger partial charge on any atom is -0.507 e. The highest BCUT2D eigenvalue weighted by molar-refractivity contribution is 5.99. The Labute approximate surface area is 277 Å². The molecule has 0 unspecified atom stereocenters. The van der Waals surface area contributed by atoms with Gasteiger partial charge in [0, 0.05) is 28.4 Å². The van der Waals surface area contributed by atoms with Gasteiger partial charge >= 0.3 is 0 Å². The molecule has 0 saturated carbocycles. The predicted octanol–water partition coefficient (Wildman–Crippen LogP) is 11.3. The van der Waals surface area contributed by atoms with Crippen LogP contribution in [0, 0.1) is 13.8 Å². The van der Waals surface area contributed by atoms with Gasteiger partial charge in [-0.15, -0.1) is 0 Å². The maximum absolute atomic E-state index is 11.1. The highest BCUT2D eigenvalue weighted by atomic mass is 16.3. The highest BCUT2D eigenvalue weighted by Crippen LogP contribution is 2.40. The van der Waals surface area contributed by atoms with Gasteiger partial charge in [0.2, 0.25) is 0 Å². The first-order chi connectivity index (χ1) is 22.5. The third kappa shape index (κ3) is 5.48. The molecule has 7 rings (SSSR count). The summed E-state index contributed by atoms with van der Waals surface area (Å²) in [5, 5.41) is 12.3. The molecule has 0 amide bonds. The molecule has 2 aromatic heterocycles. The van der Waals surface area contributed by atoms with Crippen molar-refractivity contribution in [1.82, 2.24) is 14.5 Å². The van der Waals surface area contributed by atoms with Crippen molar-refractivity contribution in [3.05, 3.63) is 132 Å². The molecule has 0 bridgehead atoms. The molecule has 0 atom stereocenters. The molecular weight excluding hydrogens is 574 g/mol. The lowest BCUT2D eigenvalue weighted by Gasteiger charge is -2.20. The summed E-state index contributed by atoms with van der Waals surface area (Å²) in [5.41, 5.74) is 13.9. The van der Waals surface area contributed by atoms with Gasteiger partial charge in [0.1, 0.15) is 11.6 Å². The summed E-state index contributed by atoms with van der Waals surface area (Å²) in [6.07, 6.45) is 1.91. The van der Waals surface area contributed by atoms with Gasteiger partial charge in [0.15, 0.2) is 0 Å². The molecule has 0 saturated heterocycles. The number of fused-ring (bicyclic) bond motifs is 2. The van der Waals surface area contributed by atoms with E-state index in [4.69, 9.17) is 9.97 Å². The molecule has 47 heavy (non-hydrogen) atoms. The molecule has 2 heterocycles. The third-order valence-electron chi connectivity index (χ3n) is 9.31. The first-order valence-corrected chi connectivity index (χ1v) is 16.4. The molecule has 0 aliphatic carbocycles. The maximum atomic E-state index is 11.1. The van der Waals surface area contributed by atoms with Crippen LogP contribution in [0.4, 0.5) is 0 Å². The van der Waals surface area contributed by atoms with Crippen LogP contribution in [0.5, 0.6) is 5.75 Å². The number of aryl methyl sites for hydroxylation is 2. The maximum Gasteiger partial charge on any atom is 0.149 e. The SMILES string of the molecule is Cc1ccc(O)c(-c2nc3c(-c4cccc(-c5cc(C(C)C)cc6c(C)ccnc56)c4)cccc3n2-c2ccc(C(C)(C)C)cc2)c1. The van der Waals surface area contributed by atoms with E-state index >= 15 is 0 Å². The molecule has 234 valence electrons. The zero-order chi connectivity index (χ0) is 33.0. The Bertz CT molecular complexity index is 2280. The van der Waals surface area contributed by atoms with Crippen molar-refractivity contribution in [2.75, 3.05) is 0 Å². The molecule has 0 fully saturated rings. The second-order valence-electron chi connectivity index (χ2n) is 14.1. The topological polar surface area (TPSA) is 50.9 Å². The quantitative estimate of drug-likeness (QED) is 0.210. The monoisotopic (exact) mass is 615 g/mol. The van der Waals surface area contributed by atoms with Crippen molar-refractivity contribution in [2.45, 2.75) is 59.8 Å². The Kier molecular flexibility index (Phi) is 7.47. The Morgan fingerprint density at radius 1 is 0.702 bits per heavy atom. The number of phenols is 1. The summed E-state index contributed by atoms with van der Waals surface area (Å²) in [5.74, 6) is 1.32. The van der Waals surface area contributed by atoms with Crippen LogP contribution in [0.25, 0.3) is 61.3 Å². The van der Waals surface area contributed by atoms with Gasteiger partial charge in [-0.3, -0.25) is 9.55 Å². The molecule has 1 N–H and O–H groups in total. The molecule has 4 heteroatoms. The molecule has 0 spiro atoms. The Morgan fingerprint density at radius 2 is 1.43 bits per heavy atom. The predicted molar refractivity (Wildman–Crippen MR) is 197 cm³/mol. The van der Waals surface area contributed by atoms with Crippen LogP contribution in [0.1, 0.15) is 62.8 Å². The zero-order valence-electron chi connectivity index (χ0n) is 28.3. The fourth-order valence-corrected chi connectivity index (χ4v) is 6.53. The van der Waals surface area contributed by atoms with Crippen molar-refractivity contribution >= 4 is 21.9 Å². The van der Waals surface area contributed by atoms with Crippen LogP contribution in [0.3, 0.4) is 0 Å². The standard InChI is InChI=1S/C43H41N3O/c1-26(2)31-24-35-28(4)20-21-44-40(35)36(25-31)30-11-8-10-29(23-30)34-12-9-13-38-41(34)45-42(37-22-27(3)14-19-39(37)47)46(38)33-17-15-32(16-18-33)43(5,6)7/h8-26,47H,1-7H3. The number of hydrogen-bond donors (Lipinski definition) is 1. The van der Waals surface area contributed by atoms with E-state index in [0.717, 1.165) is 50.1 Å². The van der Waals surface area contributed by atoms with E-state index in [-0.39, 0.29) is 11.2 Å². The number of aromatic hydroxyl groups is 1. The van der Waals surface area contributed by atoms with Gasteiger partial charge in [-0.05, 0) is 108 Å². The van der Waals surface area contributed by atoms with E-state index in [1.54, 1.807) is 6.07 Å². The average Bonchev–Trinajstić information content (AvgIpc) is 3.45. The van der Waals surface area contributed by atoms with Crippen LogP contribution in [0.15, 0.2) is 109 Å². The second-order valence-corrected chi connectivity index (χ2v) is 14.1. The number of rotatable bonds is 5. The van der Waals surface area contributed by atoms with Crippen LogP contribution in [0.2, 0.25) is 0 Å². The largest absolute Gasteiger partial charge is 0.507 e. The Hall–Kier alpha value is -5.22. The van der Waals surface area contributed by atoms with E-state index < -0.39 is 0 Å². The van der Waals surface area contributed by atoms with Gasteiger partial charge in [-0.25, -0.2) is 4.98 Å². The third-order valence-corrected chi connectivity index (χ3v) is 9.31. The summed E-state index contributed by atoms with van der Waals surface area (Å²) in [4.78, 5) is 10.2. The molecule has 0 aliphatic heterocycles. The van der Waals surface area contributed by atoms with Crippen molar-refractivity contribution < 1.29 is 5.11 Å². The summed E-state index contributed by atoms with van der Waals surface area (Å²) in [6.45, 7) is 15.4. The first-order valence-electron chi connectivity index (χ1n) is 16.4. The lowest BCUT2D eigenvalue weighted by Crippen LogP contribution is -2.11. The summed E-state index contributed by atoms with van der Waals surface area (Å²) in [6, 6.07) is 36.2. The molecule has 0 aliphatic rings. The summed E-state index contributed by atoms with van der Waals surface area (Å²) >= 11 is 0. The van der Waals surface area contributed by atoms with E-state index in [1.165, 1.54) is 22.1 Å². The number of aromatic nitrogens is 3. The molecule has 0 radical (unpaired) electrons. The highest BCUT2D eigenvalue weighted by Gasteiger charge is 2.21. The molecule has 7 aromatic rings. The van der Waals surface area contributed by atoms with Crippen LogP contribution < -0.4 is 0 Å². The van der Waals surface area contributed by atoms with Crippen LogP contribution in [-0.2, 0) is 5.41 Å². The van der Waals surface area contributed by atoms with Crippen molar-refractivity contribution in [3.8, 4) is 45.1 Å². The average molecular weight is 616 g/mol. The number of phenolic OH excluding ortho intramolecular Hbond substituents is 1. The Morgan fingerprint density at radius 3 is 2.15 bits per heavy atom. The molecule has 5 aromatic carbocycles. The molecular formula is C43H41N3O. The normalized spacial score (nSPS) is 12.0. The number of benzene rings is 5. The number of hydrogen-bond acceptors (Lipinski definition) is 3. The van der Waals surface area contributed by atoms with Crippen molar-refractivity contribution in [1.29, 1.82) is 0 Å². The van der Waals surface area contributed by atoms with E-state index in [9.17, 15) is 5.11 Å². The Balaban J connectivity index is 1.46. The lowest BCUT2D eigenvalue weighted by molar-refractivity contribution is 0.476. The summed E-state index contributed by atoms with van der Waals surface area (Å²) in [7, 11) is 0. The minimum atomic E-state index is 0.0413. The number of imidazole rings is 1. The van der Waals surface area contributed by atoms with Crippen molar-refractivity contribution in [2.24, 2.45) is 0 Å². The van der Waals surface area contributed by atoms with E-state index in [2.05, 4.69) is 131 Å². The van der Waals surface area contributed by atoms with Gasteiger partial charge < -0.3 is 5.11 Å². The fourth-order valence-electron chi connectivity index (χ4n) is 6.53. The smallest absolute Gasteiger partial charge is 0.149 e. The van der Waals surface area contributed by atoms with E-state index in [0.29, 0.717) is 17.3 Å². The minimum absolute atomic E-state index is 0.0413. The second kappa shape index (κ2) is 11.5. The number of pyridine rings is 1. The fraction of sp³-hybridized carbons (Fsp3) is 0.209. The van der Waals surface area contributed by atoms with E-state index in [1.807, 2.05) is 25.3 Å². The number of para-hydroxylation sites is 1. The molecule has 4 nitrogen and oxygen atoms in total. The van der Waals surface area contributed by atoms with Crippen LogP contribution >= 0.6 is 0 Å². The van der Waals surface area contributed by atoms with Gasteiger partial charge in [-0.1, -0.05) is 88.7 Å². The van der Waals surface area contributed by atoms with Gasteiger partial charge in [-0.2, -0.15) is 0 Å².